The van der Waals surface area contributed by atoms with Gasteiger partial charge in [0.15, 0.2) is 0 Å². The Kier molecular flexibility index (Phi) is 4.27. The molecule has 1 aliphatic rings. The van der Waals surface area contributed by atoms with Crippen LogP contribution in [0.5, 0.6) is 5.75 Å². The molecule has 2 aromatic carbocycles. The second-order valence-electron chi connectivity index (χ2n) is 6.28. The third kappa shape index (κ3) is 3.37. The van der Waals surface area contributed by atoms with Crippen LogP contribution < -0.4 is 10.1 Å². The first-order valence-electron chi connectivity index (χ1n) is 8.53. The van der Waals surface area contributed by atoms with Gasteiger partial charge in [0.1, 0.15) is 5.75 Å². The van der Waals surface area contributed by atoms with Crippen molar-refractivity contribution in [3.8, 4) is 11.4 Å². The molecule has 5 nitrogen and oxygen atoms in total. The van der Waals surface area contributed by atoms with E-state index in [1.54, 1.807) is 12.5 Å². The van der Waals surface area contributed by atoms with Crippen LogP contribution in [-0.2, 0) is 4.79 Å². The Hall–Kier alpha value is -3.34. The molecule has 1 aliphatic heterocycles. The Morgan fingerprint density at radius 2 is 2.15 bits per heavy atom. The summed E-state index contributed by atoms with van der Waals surface area (Å²) < 4.78 is 7.66. The largest absolute Gasteiger partial charge is 0.493 e. The van der Waals surface area contributed by atoms with Crippen molar-refractivity contribution in [3.63, 3.8) is 0 Å². The van der Waals surface area contributed by atoms with Gasteiger partial charge in [-0.1, -0.05) is 17.7 Å². The monoisotopic (exact) mass is 345 g/mol. The third-order valence-corrected chi connectivity index (χ3v) is 4.32. The van der Waals surface area contributed by atoms with Gasteiger partial charge in [-0.05, 0) is 43.3 Å². The summed E-state index contributed by atoms with van der Waals surface area (Å²) in [4.78, 5) is 16.8. The van der Waals surface area contributed by atoms with Crippen LogP contribution in [0.25, 0.3) is 11.8 Å². The number of imidazole rings is 1. The molecule has 3 aromatic rings. The molecule has 0 unspecified atom stereocenters. The highest BCUT2D eigenvalue weighted by atomic mass is 16.5. The van der Waals surface area contributed by atoms with Gasteiger partial charge in [0.25, 0.3) is 5.91 Å². The van der Waals surface area contributed by atoms with Gasteiger partial charge in [-0.2, -0.15) is 0 Å². The van der Waals surface area contributed by atoms with Crippen molar-refractivity contribution in [2.75, 3.05) is 11.9 Å². The Morgan fingerprint density at radius 3 is 3.00 bits per heavy atom. The van der Waals surface area contributed by atoms with Crippen LogP contribution in [0.1, 0.15) is 17.5 Å². The summed E-state index contributed by atoms with van der Waals surface area (Å²) in [7, 11) is 0. The highest BCUT2D eigenvalue weighted by molar-refractivity contribution is 6.07. The molecule has 1 amide bonds. The van der Waals surface area contributed by atoms with Crippen molar-refractivity contribution in [1.82, 2.24) is 9.55 Å². The molecular weight excluding hydrogens is 326 g/mol. The number of aromatic nitrogens is 2. The quantitative estimate of drug-likeness (QED) is 0.781. The van der Waals surface area contributed by atoms with Gasteiger partial charge in [0, 0.05) is 41.3 Å². The van der Waals surface area contributed by atoms with Crippen LogP contribution in [-0.4, -0.2) is 22.1 Å². The van der Waals surface area contributed by atoms with Gasteiger partial charge in [-0.15, -0.1) is 0 Å². The predicted octanol–water partition coefficient (Wildman–Crippen LogP) is 3.99. The van der Waals surface area contributed by atoms with Gasteiger partial charge >= 0.3 is 0 Å². The van der Waals surface area contributed by atoms with Crippen LogP contribution in [0.3, 0.4) is 0 Å². The number of benzene rings is 2. The highest BCUT2D eigenvalue weighted by Crippen LogP contribution is 2.27. The molecule has 0 bridgehead atoms. The average Bonchev–Trinajstić information content (AvgIpc) is 3.09. The molecule has 1 aromatic heterocycles. The molecule has 0 aliphatic carbocycles. The number of amides is 1. The summed E-state index contributed by atoms with van der Waals surface area (Å²) in [6, 6.07) is 13.7. The lowest BCUT2D eigenvalue weighted by Gasteiger charge is -2.09. The topological polar surface area (TPSA) is 56.2 Å². The third-order valence-electron chi connectivity index (χ3n) is 4.32. The predicted molar refractivity (Wildman–Crippen MR) is 101 cm³/mol. The van der Waals surface area contributed by atoms with E-state index in [9.17, 15) is 4.79 Å². The smallest absolute Gasteiger partial charge is 0.251 e. The Labute approximate surface area is 152 Å². The van der Waals surface area contributed by atoms with Gasteiger partial charge in [-0.25, -0.2) is 4.98 Å². The number of fused-ring (bicyclic) bond motifs is 1. The van der Waals surface area contributed by atoms with Crippen molar-refractivity contribution in [3.05, 3.63) is 77.9 Å². The highest BCUT2D eigenvalue weighted by Gasteiger charge is 2.16. The maximum absolute atomic E-state index is 12.8. The number of anilines is 1. The molecule has 0 saturated carbocycles. The van der Waals surface area contributed by atoms with Crippen molar-refractivity contribution in [2.45, 2.75) is 13.3 Å². The molecule has 0 radical (unpaired) electrons. The first-order chi connectivity index (χ1) is 12.7. The van der Waals surface area contributed by atoms with E-state index in [1.165, 1.54) is 0 Å². The number of ether oxygens (including phenoxy) is 1. The minimum absolute atomic E-state index is 0.106. The van der Waals surface area contributed by atoms with Crippen molar-refractivity contribution in [2.24, 2.45) is 0 Å². The minimum Gasteiger partial charge on any atom is -0.493 e. The molecule has 4 rings (SSSR count). The number of hydrogen-bond acceptors (Lipinski definition) is 3. The van der Waals surface area contributed by atoms with Gasteiger partial charge in [-0.3, -0.25) is 4.79 Å². The van der Waals surface area contributed by atoms with E-state index in [0.29, 0.717) is 18.6 Å². The van der Waals surface area contributed by atoms with Crippen LogP contribution in [0.15, 0.2) is 66.8 Å². The zero-order chi connectivity index (χ0) is 17.9. The summed E-state index contributed by atoms with van der Waals surface area (Å²) in [5.41, 5.74) is 4.48. The number of carbonyl (C=O) groups excluding carboxylic acids is 1. The maximum atomic E-state index is 12.8. The standard InChI is InChI=1S/C21H19N3O2/c1-15-5-6-20-17(11-15)12-16(7-10-26-20)21(25)23-18-3-2-4-19(13-18)24-9-8-22-14-24/h2-6,8-9,11-14H,7,10H2,1H3,(H,23,25). The number of nitrogens with one attached hydrogen (secondary N) is 1. The number of aryl methyl sites for hydroxylation is 1. The molecule has 130 valence electrons. The summed E-state index contributed by atoms with van der Waals surface area (Å²) >= 11 is 0. The van der Waals surface area contributed by atoms with E-state index in [0.717, 1.165) is 28.3 Å². The lowest BCUT2D eigenvalue weighted by atomic mass is 10.1. The van der Waals surface area contributed by atoms with E-state index < -0.39 is 0 Å². The first kappa shape index (κ1) is 16.1. The molecule has 0 fully saturated rings. The van der Waals surface area contributed by atoms with E-state index in [-0.39, 0.29) is 5.91 Å². The van der Waals surface area contributed by atoms with Gasteiger partial charge in [0.2, 0.25) is 0 Å². The Morgan fingerprint density at radius 1 is 1.23 bits per heavy atom. The van der Waals surface area contributed by atoms with Gasteiger partial charge < -0.3 is 14.6 Å². The molecule has 1 N–H and O–H groups in total. The van der Waals surface area contributed by atoms with Crippen molar-refractivity contribution < 1.29 is 9.53 Å². The zero-order valence-electron chi connectivity index (χ0n) is 14.5. The summed E-state index contributed by atoms with van der Waals surface area (Å²) in [5, 5.41) is 2.99. The van der Waals surface area contributed by atoms with Crippen molar-refractivity contribution in [1.29, 1.82) is 0 Å². The maximum Gasteiger partial charge on any atom is 0.251 e. The molecule has 26 heavy (non-hydrogen) atoms. The Balaban J connectivity index is 1.57. The van der Waals surface area contributed by atoms with Crippen LogP contribution in [0, 0.1) is 6.92 Å². The van der Waals surface area contributed by atoms with E-state index in [4.69, 9.17) is 4.74 Å². The van der Waals surface area contributed by atoms with E-state index in [2.05, 4.69) is 10.3 Å². The number of rotatable bonds is 3. The SMILES string of the molecule is Cc1ccc2c(c1)C=C(C(=O)Nc1cccc(-n3ccnc3)c1)CCO2. The summed E-state index contributed by atoms with van der Waals surface area (Å²) in [6.07, 6.45) is 7.81. The Bertz CT molecular complexity index is 975. The first-order valence-corrected chi connectivity index (χ1v) is 8.53. The fraction of sp³-hybridized carbons (Fsp3) is 0.143. The fourth-order valence-electron chi connectivity index (χ4n) is 2.99. The van der Waals surface area contributed by atoms with E-state index >= 15 is 0 Å². The van der Waals surface area contributed by atoms with Crippen LogP contribution in [0.4, 0.5) is 5.69 Å². The number of carbonyl (C=O) groups is 1. The minimum atomic E-state index is -0.106. The van der Waals surface area contributed by atoms with Crippen LogP contribution >= 0.6 is 0 Å². The lowest BCUT2D eigenvalue weighted by Crippen LogP contribution is -2.15. The fourth-order valence-corrected chi connectivity index (χ4v) is 2.99. The number of hydrogen-bond donors (Lipinski definition) is 1. The molecule has 0 saturated heterocycles. The average molecular weight is 345 g/mol. The molecule has 0 spiro atoms. The van der Waals surface area contributed by atoms with Gasteiger partial charge in [0.05, 0.1) is 12.9 Å². The molecule has 5 heteroatoms. The normalized spacial score (nSPS) is 13.2. The van der Waals surface area contributed by atoms with E-state index in [1.807, 2.05) is 66.2 Å². The molecular formula is C21H19N3O2. The second-order valence-corrected chi connectivity index (χ2v) is 6.28. The summed E-state index contributed by atoms with van der Waals surface area (Å²) in [6.45, 7) is 2.52. The molecule has 0 atom stereocenters. The van der Waals surface area contributed by atoms with Crippen LogP contribution in [0.2, 0.25) is 0 Å². The summed E-state index contributed by atoms with van der Waals surface area (Å²) in [5.74, 6) is 0.714. The van der Waals surface area contributed by atoms with Crippen molar-refractivity contribution >= 4 is 17.7 Å². The lowest BCUT2D eigenvalue weighted by molar-refractivity contribution is -0.113. The molecule has 2 heterocycles. The second kappa shape index (κ2) is 6.88. The zero-order valence-corrected chi connectivity index (χ0v) is 14.5. The number of nitrogens with zero attached hydrogens (tertiary/aromatic N) is 2.